The number of hydrogen-bond acceptors (Lipinski definition) is 5. The maximum atomic E-state index is 13.0. The van der Waals surface area contributed by atoms with Gasteiger partial charge in [0.25, 0.3) is 5.91 Å². The van der Waals surface area contributed by atoms with Gasteiger partial charge < -0.3 is 9.80 Å². The highest BCUT2D eigenvalue weighted by Gasteiger charge is 2.23. The number of amides is 1. The number of thiophene rings is 1. The predicted octanol–water partition coefficient (Wildman–Crippen LogP) is 4.27. The van der Waals surface area contributed by atoms with E-state index in [1.54, 1.807) is 11.0 Å². The second-order valence-electron chi connectivity index (χ2n) is 5.74. The summed E-state index contributed by atoms with van der Waals surface area (Å²) < 4.78 is 0.692. The standard InChI is InChI=1S/C17H18Cl2N4OS/c1-2-7-23(11-12-5-6-14(19)25-12)16(24)15-13(18)10-20-17(21-15)22-8-3-4-9-22/h2,5-6,10H,1,3-4,7-9,11H2. The molecule has 132 valence electrons. The summed E-state index contributed by atoms with van der Waals surface area (Å²) in [4.78, 5) is 26.4. The van der Waals surface area contributed by atoms with E-state index in [1.165, 1.54) is 17.5 Å². The number of aromatic nitrogens is 2. The lowest BCUT2D eigenvalue weighted by Gasteiger charge is -2.22. The highest BCUT2D eigenvalue weighted by atomic mass is 35.5. The maximum Gasteiger partial charge on any atom is 0.274 e. The molecule has 25 heavy (non-hydrogen) atoms. The molecule has 2 aromatic rings. The lowest BCUT2D eigenvalue weighted by atomic mass is 10.3. The molecule has 0 atom stereocenters. The number of hydrogen-bond donors (Lipinski definition) is 0. The lowest BCUT2D eigenvalue weighted by molar-refractivity contribution is 0.0758. The summed E-state index contributed by atoms with van der Waals surface area (Å²) in [6, 6.07) is 3.73. The van der Waals surface area contributed by atoms with Crippen LogP contribution < -0.4 is 4.90 Å². The normalized spacial score (nSPS) is 13.9. The molecule has 3 heterocycles. The van der Waals surface area contributed by atoms with Gasteiger partial charge in [-0.2, -0.15) is 0 Å². The highest BCUT2D eigenvalue weighted by molar-refractivity contribution is 7.16. The Hall–Kier alpha value is -1.63. The van der Waals surface area contributed by atoms with Crippen LogP contribution in [0.4, 0.5) is 5.95 Å². The van der Waals surface area contributed by atoms with Crippen LogP contribution in [0.5, 0.6) is 0 Å². The number of rotatable bonds is 6. The van der Waals surface area contributed by atoms with Crippen molar-refractivity contribution < 1.29 is 4.79 Å². The number of carbonyl (C=O) groups is 1. The third-order valence-electron chi connectivity index (χ3n) is 3.94. The Kier molecular flexibility index (Phi) is 5.93. The second kappa shape index (κ2) is 8.17. The summed E-state index contributed by atoms with van der Waals surface area (Å²) in [7, 11) is 0. The van der Waals surface area contributed by atoms with E-state index in [2.05, 4.69) is 21.4 Å². The molecular formula is C17H18Cl2N4OS. The first-order valence-electron chi connectivity index (χ1n) is 8.00. The van der Waals surface area contributed by atoms with Crippen molar-refractivity contribution in [2.24, 2.45) is 0 Å². The first-order valence-corrected chi connectivity index (χ1v) is 9.57. The fraction of sp³-hybridized carbons (Fsp3) is 0.353. The summed E-state index contributed by atoms with van der Waals surface area (Å²) in [6.45, 7) is 6.37. The van der Waals surface area contributed by atoms with Crippen LogP contribution >= 0.6 is 34.5 Å². The summed E-state index contributed by atoms with van der Waals surface area (Å²) in [5.41, 5.74) is 0.225. The molecule has 0 bridgehead atoms. The van der Waals surface area contributed by atoms with E-state index in [9.17, 15) is 4.79 Å². The molecular weight excluding hydrogens is 379 g/mol. The van der Waals surface area contributed by atoms with Crippen molar-refractivity contribution in [3.8, 4) is 0 Å². The van der Waals surface area contributed by atoms with E-state index in [0.717, 1.165) is 30.8 Å². The van der Waals surface area contributed by atoms with Gasteiger partial charge in [-0.05, 0) is 25.0 Å². The minimum Gasteiger partial charge on any atom is -0.341 e. The smallest absolute Gasteiger partial charge is 0.274 e. The molecule has 1 saturated heterocycles. The van der Waals surface area contributed by atoms with Gasteiger partial charge in [0.05, 0.1) is 22.1 Å². The zero-order valence-electron chi connectivity index (χ0n) is 13.6. The maximum absolute atomic E-state index is 13.0. The summed E-state index contributed by atoms with van der Waals surface area (Å²) in [5, 5.41) is 0.256. The largest absolute Gasteiger partial charge is 0.341 e. The number of carbonyl (C=O) groups excluding carboxylic acids is 1. The monoisotopic (exact) mass is 396 g/mol. The van der Waals surface area contributed by atoms with E-state index in [1.807, 2.05) is 12.1 Å². The molecule has 3 rings (SSSR count). The Morgan fingerprint density at radius 3 is 2.76 bits per heavy atom. The van der Waals surface area contributed by atoms with Gasteiger partial charge in [0, 0.05) is 24.5 Å². The van der Waals surface area contributed by atoms with Crippen molar-refractivity contribution in [1.82, 2.24) is 14.9 Å². The van der Waals surface area contributed by atoms with Crippen LogP contribution in [0.1, 0.15) is 28.2 Å². The van der Waals surface area contributed by atoms with Crippen molar-refractivity contribution in [3.05, 3.63) is 50.9 Å². The van der Waals surface area contributed by atoms with Crippen LogP contribution in [0.2, 0.25) is 9.36 Å². The van der Waals surface area contributed by atoms with Crippen LogP contribution in [-0.4, -0.2) is 40.4 Å². The number of anilines is 1. The van der Waals surface area contributed by atoms with Gasteiger partial charge in [0.2, 0.25) is 5.95 Å². The quantitative estimate of drug-likeness (QED) is 0.683. The molecule has 1 amide bonds. The van der Waals surface area contributed by atoms with Gasteiger partial charge in [-0.25, -0.2) is 9.97 Å². The molecule has 5 nitrogen and oxygen atoms in total. The lowest BCUT2D eigenvalue weighted by Crippen LogP contribution is -2.32. The van der Waals surface area contributed by atoms with Gasteiger partial charge in [0.1, 0.15) is 0 Å². The Morgan fingerprint density at radius 1 is 1.36 bits per heavy atom. The summed E-state index contributed by atoms with van der Waals surface area (Å²) in [5.74, 6) is 0.320. The molecule has 0 radical (unpaired) electrons. The predicted molar refractivity (Wildman–Crippen MR) is 103 cm³/mol. The molecule has 2 aromatic heterocycles. The van der Waals surface area contributed by atoms with E-state index in [4.69, 9.17) is 23.2 Å². The first kappa shape index (κ1) is 18.2. The molecule has 1 aliphatic heterocycles. The molecule has 0 aromatic carbocycles. The second-order valence-corrected chi connectivity index (χ2v) is 7.95. The molecule has 0 N–H and O–H groups in total. The van der Waals surface area contributed by atoms with Crippen molar-refractivity contribution >= 4 is 46.4 Å². The SMILES string of the molecule is C=CCN(Cc1ccc(Cl)s1)C(=O)c1nc(N2CCCC2)ncc1Cl. The molecule has 0 spiro atoms. The Balaban J connectivity index is 1.85. The minimum absolute atomic E-state index is 0.225. The summed E-state index contributed by atoms with van der Waals surface area (Å²) >= 11 is 13.6. The highest BCUT2D eigenvalue weighted by Crippen LogP contribution is 2.25. The topological polar surface area (TPSA) is 49.3 Å². The third-order valence-corrected chi connectivity index (χ3v) is 5.43. The van der Waals surface area contributed by atoms with E-state index >= 15 is 0 Å². The van der Waals surface area contributed by atoms with Gasteiger partial charge in [-0.3, -0.25) is 4.79 Å². The van der Waals surface area contributed by atoms with Crippen molar-refractivity contribution in [3.63, 3.8) is 0 Å². The van der Waals surface area contributed by atoms with Crippen molar-refractivity contribution in [1.29, 1.82) is 0 Å². The minimum atomic E-state index is -0.239. The average Bonchev–Trinajstić information content (AvgIpc) is 3.26. The van der Waals surface area contributed by atoms with Crippen LogP contribution in [0, 0.1) is 0 Å². The fourth-order valence-corrected chi connectivity index (χ4v) is 4.00. The molecule has 0 aliphatic carbocycles. The Morgan fingerprint density at radius 2 is 2.12 bits per heavy atom. The Bertz CT molecular complexity index is 774. The van der Waals surface area contributed by atoms with Crippen LogP contribution in [0.25, 0.3) is 0 Å². The molecule has 1 fully saturated rings. The fourth-order valence-electron chi connectivity index (χ4n) is 2.73. The number of nitrogens with zero attached hydrogens (tertiary/aromatic N) is 4. The van der Waals surface area contributed by atoms with Crippen LogP contribution in [0.15, 0.2) is 31.0 Å². The first-order chi connectivity index (χ1) is 12.1. The molecule has 0 saturated carbocycles. The van der Waals surface area contributed by atoms with Gasteiger partial charge in [0.15, 0.2) is 5.69 Å². The van der Waals surface area contributed by atoms with Gasteiger partial charge in [-0.15, -0.1) is 17.9 Å². The van der Waals surface area contributed by atoms with E-state index < -0.39 is 0 Å². The van der Waals surface area contributed by atoms with Crippen molar-refractivity contribution in [2.75, 3.05) is 24.5 Å². The molecule has 1 aliphatic rings. The Labute approximate surface area is 160 Å². The van der Waals surface area contributed by atoms with Gasteiger partial charge >= 0.3 is 0 Å². The van der Waals surface area contributed by atoms with Crippen LogP contribution in [-0.2, 0) is 6.54 Å². The average molecular weight is 397 g/mol. The molecule has 8 heteroatoms. The zero-order chi connectivity index (χ0) is 17.8. The van der Waals surface area contributed by atoms with Gasteiger partial charge in [-0.1, -0.05) is 29.3 Å². The number of halogens is 2. The van der Waals surface area contributed by atoms with Crippen molar-refractivity contribution in [2.45, 2.75) is 19.4 Å². The molecule has 0 unspecified atom stereocenters. The zero-order valence-corrected chi connectivity index (χ0v) is 15.9. The van der Waals surface area contributed by atoms with Crippen LogP contribution in [0.3, 0.4) is 0 Å². The van der Waals surface area contributed by atoms with E-state index in [-0.39, 0.29) is 16.6 Å². The summed E-state index contributed by atoms with van der Waals surface area (Å²) in [6.07, 6.45) is 5.40. The van der Waals surface area contributed by atoms with E-state index in [0.29, 0.717) is 23.4 Å². The third kappa shape index (κ3) is 4.32.